The molecule has 0 saturated heterocycles. The molecule has 0 radical (unpaired) electrons. The molecule has 3 rings (SSSR count). The van der Waals surface area contributed by atoms with Crippen molar-refractivity contribution in [3.8, 4) is 0 Å². The van der Waals surface area contributed by atoms with Crippen LogP contribution in [0, 0.1) is 0 Å². The maximum absolute atomic E-state index is 13.3. The number of carboxylic acid groups (broad SMARTS) is 1. The van der Waals surface area contributed by atoms with Crippen molar-refractivity contribution in [2.45, 2.75) is 43.6 Å². The molecule has 1 atom stereocenters. The fraction of sp³-hybridized carbons (Fsp3) is 0.318. The van der Waals surface area contributed by atoms with E-state index in [9.17, 15) is 23.8 Å². The van der Waals surface area contributed by atoms with E-state index in [4.69, 9.17) is 0 Å². The Bertz CT molecular complexity index is 828. The molecule has 0 amide bonds. The van der Waals surface area contributed by atoms with Crippen LogP contribution in [0.2, 0.25) is 0 Å². The maximum Gasteiger partial charge on any atom is 0.336 e. The predicted molar refractivity (Wildman–Crippen MR) is 99.7 cm³/mol. The largest absolute Gasteiger partial charge is 0.479 e. The van der Waals surface area contributed by atoms with Crippen LogP contribution >= 0.6 is 0 Å². The highest BCUT2D eigenvalue weighted by atomic mass is 19.3. The molecule has 0 aliphatic heterocycles. The number of aliphatic carboxylic acids is 1. The molecule has 2 N–H and O–H groups in total. The lowest BCUT2D eigenvalue weighted by atomic mass is 9.86. The van der Waals surface area contributed by atoms with Crippen LogP contribution in [0.25, 0.3) is 5.57 Å². The van der Waals surface area contributed by atoms with E-state index >= 15 is 0 Å². The Balaban J connectivity index is 1.74. The highest BCUT2D eigenvalue weighted by Crippen LogP contribution is 2.36. The number of rotatable bonds is 6. The molecule has 0 bridgehead atoms. The van der Waals surface area contributed by atoms with Gasteiger partial charge in [0.1, 0.15) is 0 Å². The van der Waals surface area contributed by atoms with E-state index in [0.717, 1.165) is 16.7 Å². The Morgan fingerprint density at radius 1 is 1.00 bits per heavy atom. The van der Waals surface area contributed by atoms with Crippen LogP contribution < -0.4 is 0 Å². The molecule has 3 nitrogen and oxygen atoms in total. The van der Waals surface area contributed by atoms with E-state index in [2.05, 4.69) is 0 Å². The van der Waals surface area contributed by atoms with Gasteiger partial charge in [0.25, 0.3) is 5.92 Å². The Morgan fingerprint density at radius 2 is 1.59 bits per heavy atom. The summed E-state index contributed by atoms with van der Waals surface area (Å²) in [5, 5.41) is 20.2. The first-order valence-corrected chi connectivity index (χ1v) is 8.93. The minimum atomic E-state index is -2.63. The summed E-state index contributed by atoms with van der Waals surface area (Å²) in [5.74, 6) is -3.90. The number of alkyl halides is 2. The van der Waals surface area contributed by atoms with Gasteiger partial charge in [0.05, 0.1) is 0 Å². The maximum atomic E-state index is 13.3. The molecule has 142 valence electrons. The van der Waals surface area contributed by atoms with Gasteiger partial charge in [-0.1, -0.05) is 60.7 Å². The number of benzene rings is 2. The highest BCUT2D eigenvalue weighted by Gasteiger charge is 2.36. The van der Waals surface area contributed by atoms with E-state index < -0.39 is 17.5 Å². The summed E-state index contributed by atoms with van der Waals surface area (Å²) < 4.78 is 26.5. The van der Waals surface area contributed by atoms with Crippen LogP contribution in [0.1, 0.15) is 36.0 Å². The van der Waals surface area contributed by atoms with Crippen LogP contribution in [0.5, 0.6) is 0 Å². The molecule has 0 fully saturated rings. The lowest BCUT2D eigenvalue weighted by molar-refractivity contribution is -0.158. The van der Waals surface area contributed by atoms with Crippen molar-refractivity contribution in [3.63, 3.8) is 0 Å². The molecule has 2 aromatic carbocycles. The van der Waals surface area contributed by atoms with Gasteiger partial charge in [-0.3, -0.25) is 0 Å². The number of hydrogen-bond acceptors (Lipinski definition) is 2. The van der Waals surface area contributed by atoms with E-state index in [0.29, 0.717) is 12.0 Å². The number of carbonyl (C=O) groups is 1. The molecule has 1 aliphatic carbocycles. The summed E-state index contributed by atoms with van der Waals surface area (Å²) in [7, 11) is 0. The standard InChI is InChI=1S/C22H22F2O3/c23-22(24)12-10-19(11-13-22)18-8-6-17(7-9-18)15-21(27,20(25)26)14-16-4-2-1-3-5-16/h1-10,27H,11-15H2,(H,25,26). The van der Waals surface area contributed by atoms with Crippen molar-refractivity contribution in [1.82, 2.24) is 0 Å². The SMILES string of the molecule is O=C(O)C(O)(Cc1ccccc1)Cc1ccc(C2=CCC(F)(F)CC2)cc1. The molecule has 0 heterocycles. The lowest BCUT2D eigenvalue weighted by Gasteiger charge is -2.24. The Labute approximate surface area is 157 Å². The van der Waals surface area contributed by atoms with Crippen LogP contribution in [-0.4, -0.2) is 27.7 Å². The molecule has 0 saturated carbocycles. The molecular weight excluding hydrogens is 350 g/mol. The van der Waals surface area contributed by atoms with Crippen LogP contribution in [0.15, 0.2) is 60.7 Å². The molecule has 27 heavy (non-hydrogen) atoms. The first kappa shape index (κ1) is 19.2. The number of aliphatic hydroxyl groups is 1. The number of hydrogen-bond donors (Lipinski definition) is 2. The molecule has 5 heteroatoms. The normalized spacial score (nSPS) is 18.4. The van der Waals surface area contributed by atoms with Gasteiger partial charge in [-0.2, -0.15) is 0 Å². The Morgan fingerprint density at radius 3 is 2.11 bits per heavy atom. The monoisotopic (exact) mass is 372 g/mol. The third kappa shape index (κ3) is 4.80. The van der Waals surface area contributed by atoms with Crippen LogP contribution in [-0.2, 0) is 17.6 Å². The van der Waals surface area contributed by atoms with Crippen LogP contribution in [0.4, 0.5) is 8.78 Å². The van der Waals surface area contributed by atoms with Crippen molar-refractivity contribution in [1.29, 1.82) is 0 Å². The minimum Gasteiger partial charge on any atom is -0.479 e. The summed E-state index contributed by atoms with van der Waals surface area (Å²) in [4.78, 5) is 11.7. The lowest BCUT2D eigenvalue weighted by Crippen LogP contribution is -2.43. The van der Waals surface area contributed by atoms with Crippen molar-refractivity contribution >= 4 is 11.5 Å². The van der Waals surface area contributed by atoms with Crippen molar-refractivity contribution < 1.29 is 23.8 Å². The van der Waals surface area contributed by atoms with Gasteiger partial charge in [0.15, 0.2) is 5.60 Å². The quantitative estimate of drug-likeness (QED) is 0.785. The van der Waals surface area contributed by atoms with Gasteiger partial charge in [0.2, 0.25) is 0 Å². The second kappa shape index (κ2) is 7.61. The third-order valence-electron chi connectivity index (χ3n) is 4.97. The summed E-state index contributed by atoms with van der Waals surface area (Å²) in [6.45, 7) is 0. The summed E-state index contributed by atoms with van der Waals surface area (Å²) in [5.41, 5.74) is 1.25. The smallest absolute Gasteiger partial charge is 0.336 e. The second-order valence-corrected chi connectivity index (χ2v) is 7.16. The molecule has 2 aromatic rings. The Kier molecular flexibility index (Phi) is 5.42. The van der Waals surface area contributed by atoms with Gasteiger partial charge in [0, 0.05) is 25.7 Å². The zero-order valence-corrected chi connectivity index (χ0v) is 14.9. The summed E-state index contributed by atoms with van der Waals surface area (Å²) >= 11 is 0. The number of halogens is 2. The molecule has 1 unspecified atom stereocenters. The average molecular weight is 372 g/mol. The van der Waals surface area contributed by atoms with Gasteiger partial charge in [-0.15, -0.1) is 0 Å². The van der Waals surface area contributed by atoms with Crippen molar-refractivity contribution in [3.05, 3.63) is 77.4 Å². The Hall–Kier alpha value is -2.53. The molecular formula is C22H22F2O3. The van der Waals surface area contributed by atoms with E-state index in [1.807, 2.05) is 6.07 Å². The van der Waals surface area contributed by atoms with E-state index in [-0.39, 0.29) is 25.7 Å². The topological polar surface area (TPSA) is 57.5 Å². The van der Waals surface area contributed by atoms with Crippen molar-refractivity contribution in [2.24, 2.45) is 0 Å². The van der Waals surface area contributed by atoms with E-state index in [1.165, 1.54) is 0 Å². The predicted octanol–water partition coefficient (Wildman–Crippen LogP) is 4.49. The van der Waals surface area contributed by atoms with Gasteiger partial charge in [-0.05, 0) is 28.7 Å². The summed E-state index contributed by atoms with van der Waals surface area (Å²) in [6, 6.07) is 16.1. The second-order valence-electron chi connectivity index (χ2n) is 7.16. The van der Waals surface area contributed by atoms with Gasteiger partial charge < -0.3 is 10.2 Å². The first-order valence-electron chi connectivity index (χ1n) is 8.93. The van der Waals surface area contributed by atoms with Gasteiger partial charge in [-0.25, -0.2) is 13.6 Å². The fourth-order valence-electron chi connectivity index (χ4n) is 3.38. The molecule has 0 aromatic heterocycles. The fourth-order valence-corrected chi connectivity index (χ4v) is 3.38. The third-order valence-corrected chi connectivity index (χ3v) is 4.97. The molecule has 0 spiro atoms. The molecule has 1 aliphatic rings. The highest BCUT2D eigenvalue weighted by molar-refractivity contribution is 5.78. The van der Waals surface area contributed by atoms with Crippen molar-refractivity contribution in [2.75, 3.05) is 0 Å². The minimum absolute atomic E-state index is 0.00512. The number of carboxylic acids is 1. The van der Waals surface area contributed by atoms with E-state index in [1.54, 1.807) is 54.6 Å². The zero-order valence-electron chi connectivity index (χ0n) is 14.9. The van der Waals surface area contributed by atoms with Crippen LogP contribution in [0.3, 0.4) is 0 Å². The first-order chi connectivity index (χ1) is 12.8. The summed E-state index contributed by atoms with van der Waals surface area (Å²) in [6.07, 6.45) is 1.46. The number of allylic oxidation sites excluding steroid dienone is 2. The van der Waals surface area contributed by atoms with Gasteiger partial charge >= 0.3 is 5.97 Å². The average Bonchev–Trinajstić information content (AvgIpc) is 2.63. The zero-order chi connectivity index (χ0) is 19.5.